The van der Waals surface area contributed by atoms with Crippen LogP contribution in [0.5, 0.6) is 0 Å². The molecule has 3 heterocycles. The van der Waals surface area contributed by atoms with Crippen molar-refractivity contribution in [2.75, 3.05) is 16.5 Å². The fraction of sp³-hybridized carbons (Fsp3) is 0.333. The topological polar surface area (TPSA) is 96.8 Å². The van der Waals surface area contributed by atoms with Crippen molar-refractivity contribution in [1.29, 1.82) is 0 Å². The number of carbonyl (C=O) groups excluding carboxylic acids is 1. The van der Waals surface area contributed by atoms with Crippen molar-refractivity contribution in [3.05, 3.63) is 48.2 Å². The van der Waals surface area contributed by atoms with Gasteiger partial charge in [-0.1, -0.05) is 17.8 Å². The molecule has 1 saturated carbocycles. The van der Waals surface area contributed by atoms with E-state index in [9.17, 15) is 9.18 Å². The van der Waals surface area contributed by atoms with E-state index in [4.69, 9.17) is 0 Å². The van der Waals surface area contributed by atoms with Gasteiger partial charge in [0.05, 0.1) is 18.6 Å². The molecular formula is C21H20FN7OS. The molecule has 1 saturated heterocycles. The second kappa shape index (κ2) is 7.84. The van der Waals surface area contributed by atoms with E-state index in [-0.39, 0.29) is 11.9 Å². The third-order valence-corrected chi connectivity index (χ3v) is 6.30. The third-order valence-electron chi connectivity index (χ3n) is 5.75. The standard InChI is InChI=1S/C21H20FN7OS/c1-11-3-4-14(7-15(11)19-23-8-13(22)9-24-19)26-20(30)17-6-12-5-16(12)29(17)18-10-25-21(31-2)28-27-18/h3-4,7-10,12,16-17H,5-6H2,1-2H3,(H,26,30). The van der Waals surface area contributed by atoms with Gasteiger partial charge in [-0.3, -0.25) is 4.79 Å². The van der Waals surface area contributed by atoms with Gasteiger partial charge in [0.15, 0.2) is 17.5 Å². The van der Waals surface area contributed by atoms with Crippen molar-refractivity contribution in [2.45, 2.75) is 37.0 Å². The summed E-state index contributed by atoms with van der Waals surface area (Å²) in [6.07, 6.45) is 7.69. The fourth-order valence-electron chi connectivity index (χ4n) is 4.11. The van der Waals surface area contributed by atoms with Crippen LogP contribution in [0.15, 0.2) is 41.9 Å². The smallest absolute Gasteiger partial charge is 0.247 e. The van der Waals surface area contributed by atoms with Crippen LogP contribution in [0.2, 0.25) is 0 Å². The van der Waals surface area contributed by atoms with Crippen LogP contribution in [-0.4, -0.2) is 49.4 Å². The Kier molecular flexibility index (Phi) is 5.01. The number of aromatic nitrogens is 5. The van der Waals surface area contributed by atoms with E-state index in [1.54, 1.807) is 6.20 Å². The zero-order chi connectivity index (χ0) is 21.5. The summed E-state index contributed by atoms with van der Waals surface area (Å²) in [5, 5.41) is 12.0. The van der Waals surface area contributed by atoms with E-state index in [2.05, 4.69) is 30.5 Å². The molecular weight excluding hydrogens is 417 g/mol. The molecule has 1 aromatic carbocycles. The van der Waals surface area contributed by atoms with Crippen LogP contribution < -0.4 is 10.2 Å². The first-order chi connectivity index (χ1) is 15.0. The highest BCUT2D eigenvalue weighted by Crippen LogP contribution is 2.49. The van der Waals surface area contributed by atoms with Gasteiger partial charge in [0.2, 0.25) is 11.1 Å². The van der Waals surface area contributed by atoms with E-state index in [1.165, 1.54) is 11.8 Å². The molecule has 3 aromatic rings. The van der Waals surface area contributed by atoms with Crippen LogP contribution in [0.1, 0.15) is 18.4 Å². The highest BCUT2D eigenvalue weighted by atomic mass is 32.2. The Morgan fingerprint density at radius 3 is 2.68 bits per heavy atom. The van der Waals surface area contributed by atoms with E-state index < -0.39 is 5.82 Å². The maximum atomic E-state index is 13.2. The number of amides is 1. The lowest BCUT2D eigenvalue weighted by Gasteiger charge is -2.27. The molecule has 158 valence electrons. The van der Waals surface area contributed by atoms with E-state index >= 15 is 0 Å². The average Bonchev–Trinajstić information content (AvgIpc) is 3.45. The number of anilines is 2. The first-order valence-electron chi connectivity index (χ1n) is 9.95. The predicted molar refractivity (Wildman–Crippen MR) is 115 cm³/mol. The number of fused-ring (bicyclic) bond motifs is 1. The van der Waals surface area contributed by atoms with Crippen LogP contribution in [0, 0.1) is 18.7 Å². The molecule has 0 bridgehead atoms. The molecule has 1 aliphatic carbocycles. The molecule has 31 heavy (non-hydrogen) atoms. The maximum absolute atomic E-state index is 13.2. The highest BCUT2D eigenvalue weighted by molar-refractivity contribution is 7.98. The molecule has 8 nitrogen and oxygen atoms in total. The van der Waals surface area contributed by atoms with Gasteiger partial charge in [0, 0.05) is 17.3 Å². The minimum absolute atomic E-state index is 0.0993. The normalized spacial score (nSPS) is 21.6. The molecule has 10 heteroatoms. The summed E-state index contributed by atoms with van der Waals surface area (Å²) in [7, 11) is 0. The number of carbonyl (C=O) groups is 1. The van der Waals surface area contributed by atoms with Gasteiger partial charge in [-0.25, -0.2) is 19.3 Å². The van der Waals surface area contributed by atoms with Crippen molar-refractivity contribution in [3.8, 4) is 11.4 Å². The fourth-order valence-corrected chi connectivity index (χ4v) is 4.39. The van der Waals surface area contributed by atoms with Gasteiger partial charge in [-0.2, -0.15) is 0 Å². The van der Waals surface area contributed by atoms with Crippen LogP contribution in [-0.2, 0) is 4.79 Å². The van der Waals surface area contributed by atoms with Gasteiger partial charge in [-0.05, 0) is 49.6 Å². The minimum Gasteiger partial charge on any atom is -0.339 e. The Bertz CT molecular complexity index is 1130. The number of halogens is 1. The third kappa shape index (κ3) is 3.83. The number of benzene rings is 1. The summed E-state index contributed by atoms with van der Waals surface area (Å²) in [5.74, 6) is 0.951. The largest absolute Gasteiger partial charge is 0.339 e. The number of thioether (sulfide) groups is 1. The van der Waals surface area contributed by atoms with Crippen LogP contribution in [0.25, 0.3) is 11.4 Å². The summed E-state index contributed by atoms with van der Waals surface area (Å²) in [4.78, 5) is 27.6. The minimum atomic E-state index is -0.492. The molecule has 0 spiro atoms. The van der Waals surface area contributed by atoms with Crippen LogP contribution in [0.4, 0.5) is 15.9 Å². The number of aryl methyl sites for hydroxylation is 1. The molecule has 3 unspecified atom stereocenters. The summed E-state index contributed by atoms with van der Waals surface area (Å²) in [6, 6.07) is 5.53. The van der Waals surface area contributed by atoms with Crippen LogP contribution >= 0.6 is 11.8 Å². The van der Waals surface area contributed by atoms with E-state index in [0.717, 1.165) is 36.4 Å². The number of hydrogen-bond donors (Lipinski definition) is 1. The van der Waals surface area contributed by atoms with Gasteiger partial charge in [-0.15, -0.1) is 10.2 Å². The van der Waals surface area contributed by atoms with Gasteiger partial charge >= 0.3 is 0 Å². The molecule has 0 radical (unpaired) electrons. The lowest BCUT2D eigenvalue weighted by atomic mass is 10.1. The van der Waals surface area contributed by atoms with Crippen LogP contribution in [0.3, 0.4) is 0 Å². The quantitative estimate of drug-likeness (QED) is 0.608. The Morgan fingerprint density at radius 2 is 1.97 bits per heavy atom. The number of hydrogen-bond acceptors (Lipinski definition) is 8. The van der Waals surface area contributed by atoms with Crippen molar-refractivity contribution in [1.82, 2.24) is 25.1 Å². The van der Waals surface area contributed by atoms with Gasteiger partial charge < -0.3 is 10.2 Å². The molecule has 1 aliphatic heterocycles. The second-order valence-corrected chi connectivity index (χ2v) is 8.54. The zero-order valence-electron chi connectivity index (χ0n) is 17.0. The molecule has 3 atom stereocenters. The Morgan fingerprint density at radius 1 is 1.16 bits per heavy atom. The molecule has 5 rings (SSSR count). The number of rotatable bonds is 5. The van der Waals surface area contributed by atoms with Crippen molar-refractivity contribution >= 4 is 29.2 Å². The van der Waals surface area contributed by atoms with E-state index in [0.29, 0.717) is 34.4 Å². The highest BCUT2D eigenvalue weighted by Gasteiger charge is 2.55. The summed E-state index contributed by atoms with van der Waals surface area (Å²) in [5.41, 5.74) is 2.32. The van der Waals surface area contributed by atoms with E-state index in [1.807, 2.05) is 36.3 Å². The number of piperidine rings is 1. The monoisotopic (exact) mass is 437 g/mol. The SMILES string of the molecule is CSc1ncc(N2C(C(=O)Nc3ccc(C)c(-c4ncc(F)cn4)c3)CC3CC32)nn1. The summed E-state index contributed by atoms with van der Waals surface area (Å²) < 4.78 is 13.2. The van der Waals surface area contributed by atoms with Crippen molar-refractivity contribution in [2.24, 2.45) is 5.92 Å². The number of nitrogens with one attached hydrogen (secondary N) is 1. The molecule has 1 amide bonds. The lowest BCUT2D eigenvalue weighted by molar-refractivity contribution is -0.117. The molecule has 2 fully saturated rings. The maximum Gasteiger partial charge on any atom is 0.247 e. The summed E-state index contributed by atoms with van der Waals surface area (Å²) in [6.45, 7) is 1.92. The molecule has 1 N–H and O–H groups in total. The molecule has 2 aromatic heterocycles. The Labute approximate surface area is 182 Å². The first-order valence-corrected chi connectivity index (χ1v) is 11.2. The summed E-state index contributed by atoms with van der Waals surface area (Å²) >= 11 is 1.43. The average molecular weight is 438 g/mol. The second-order valence-electron chi connectivity index (χ2n) is 7.77. The van der Waals surface area contributed by atoms with Crippen molar-refractivity contribution in [3.63, 3.8) is 0 Å². The molecule has 2 aliphatic rings. The van der Waals surface area contributed by atoms with Crippen molar-refractivity contribution < 1.29 is 9.18 Å². The predicted octanol–water partition coefficient (Wildman–Crippen LogP) is 3.10. The zero-order valence-corrected chi connectivity index (χ0v) is 17.8. The van der Waals surface area contributed by atoms with Gasteiger partial charge in [0.1, 0.15) is 6.04 Å². The Hall–Kier alpha value is -3.14. The first kappa shape index (κ1) is 19.8. The number of nitrogens with zero attached hydrogens (tertiary/aromatic N) is 6. The lowest BCUT2D eigenvalue weighted by Crippen LogP contribution is -2.42. The Balaban J connectivity index is 1.37. The van der Waals surface area contributed by atoms with Gasteiger partial charge in [0.25, 0.3) is 0 Å².